The molecule has 10 heteroatoms. The number of nitrogens with one attached hydrogen (secondary N) is 1. The fraction of sp³-hybridized carbons (Fsp3) is 0. The molecule has 0 heterocycles. The van der Waals surface area contributed by atoms with Crippen molar-refractivity contribution in [2.24, 2.45) is 5.10 Å². The van der Waals surface area contributed by atoms with Gasteiger partial charge in [-0.1, -0.05) is 53.5 Å². The molecule has 0 fully saturated rings. The highest BCUT2D eigenvalue weighted by molar-refractivity contribution is 6.35. The molecule has 146 valence electrons. The molecular weight excluding hydrogens is 419 g/mol. The number of hydrogen-bond donors (Lipinski definition) is 1. The Morgan fingerprint density at radius 2 is 1.59 bits per heavy atom. The number of hydrogen-bond acceptors (Lipinski definition) is 6. The third-order valence-corrected chi connectivity index (χ3v) is 4.51. The summed E-state index contributed by atoms with van der Waals surface area (Å²) < 4.78 is 0. The highest BCUT2D eigenvalue weighted by atomic mass is 35.5. The van der Waals surface area contributed by atoms with E-state index in [4.69, 9.17) is 23.2 Å². The first kappa shape index (κ1) is 20.2. The van der Waals surface area contributed by atoms with Gasteiger partial charge >= 0.3 is 5.69 Å². The van der Waals surface area contributed by atoms with Crippen LogP contribution in [0, 0.1) is 20.2 Å². The molecule has 0 radical (unpaired) electrons. The molecule has 0 saturated carbocycles. The van der Waals surface area contributed by atoms with Crippen molar-refractivity contribution < 1.29 is 9.85 Å². The summed E-state index contributed by atoms with van der Waals surface area (Å²) in [5.41, 5.74) is 3.44. The van der Waals surface area contributed by atoms with E-state index < -0.39 is 21.2 Å². The summed E-state index contributed by atoms with van der Waals surface area (Å²) >= 11 is 12.3. The van der Waals surface area contributed by atoms with Crippen LogP contribution < -0.4 is 5.43 Å². The predicted molar refractivity (Wildman–Crippen MR) is 112 cm³/mol. The molecule has 29 heavy (non-hydrogen) atoms. The Bertz CT molecular complexity index is 1120. The Balaban J connectivity index is 2.08. The molecule has 0 aliphatic carbocycles. The lowest BCUT2D eigenvalue weighted by molar-refractivity contribution is -0.393. The first-order valence-electron chi connectivity index (χ1n) is 8.14. The van der Waals surface area contributed by atoms with Crippen molar-refractivity contribution in [3.8, 4) is 0 Å². The molecule has 3 aromatic rings. The number of nitrogens with zero attached hydrogens (tertiary/aromatic N) is 3. The topological polar surface area (TPSA) is 111 Å². The maximum Gasteiger partial charge on any atom is 0.301 e. The van der Waals surface area contributed by atoms with Gasteiger partial charge in [-0.05, 0) is 24.3 Å². The van der Waals surface area contributed by atoms with Crippen molar-refractivity contribution in [1.29, 1.82) is 0 Å². The quantitative estimate of drug-likeness (QED) is 0.307. The Hall–Kier alpha value is -3.49. The average molecular weight is 431 g/mol. The third-order valence-electron chi connectivity index (χ3n) is 3.92. The first-order chi connectivity index (χ1) is 13.9. The number of hydrazone groups is 1. The van der Waals surface area contributed by atoms with Crippen LogP contribution in [0.5, 0.6) is 0 Å². The van der Waals surface area contributed by atoms with Crippen molar-refractivity contribution in [3.05, 3.63) is 108 Å². The number of non-ortho nitro benzene ring substituents is 1. The van der Waals surface area contributed by atoms with Crippen molar-refractivity contribution in [3.63, 3.8) is 0 Å². The van der Waals surface area contributed by atoms with E-state index in [1.807, 2.05) is 0 Å². The van der Waals surface area contributed by atoms with E-state index in [1.54, 1.807) is 48.5 Å². The highest BCUT2D eigenvalue weighted by Gasteiger charge is 2.20. The second-order valence-corrected chi connectivity index (χ2v) is 6.62. The number of nitro benzene ring substituents is 2. The molecule has 0 spiro atoms. The highest BCUT2D eigenvalue weighted by Crippen LogP contribution is 2.29. The molecule has 0 bridgehead atoms. The lowest BCUT2D eigenvalue weighted by atomic mass is 10.0. The molecule has 0 unspecified atom stereocenters. The fourth-order valence-electron chi connectivity index (χ4n) is 2.54. The van der Waals surface area contributed by atoms with Gasteiger partial charge in [0.15, 0.2) is 0 Å². The zero-order chi connectivity index (χ0) is 21.0. The second-order valence-electron chi connectivity index (χ2n) is 5.77. The van der Waals surface area contributed by atoms with E-state index in [1.165, 1.54) is 6.07 Å². The molecule has 0 aliphatic heterocycles. The molecule has 0 aliphatic rings. The zero-order valence-corrected chi connectivity index (χ0v) is 16.1. The molecule has 0 atom stereocenters. The van der Waals surface area contributed by atoms with Crippen LogP contribution >= 0.6 is 23.2 Å². The monoisotopic (exact) mass is 430 g/mol. The van der Waals surface area contributed by atoms with Gasteiger partial charge in [0.25, 0.3) is 5.69 Å². The lowest BCUT2D eigenvalue weighted by Gasteiger charge is -2.10. The van der Waals surface area contributed by atoms with Gasteiger partial charge in [0.1, 0.15) is 5.69 Å². The van der Waals surface area contributed by atoms with Crippen LogP contribution in [0.2, 0.25) is 10.0 Å². The van der Waals surface area contributed by atoms with E-state index in [0.29, 0.717) is 26.9 Å². The summed E-state index contributed by atoms with van der Waals surface area (Å²) in [6.07, 6.45) is 0. The maximum absolute atomic E-state index is 11.3. The van der Waals surface area contributed by atoms with Crippen molar-refractivity contribution >= 4 is 46.0 Å². The normalized spacial score (nSPS) is 11.2. The van der Waals surface area contributed by atoms with Gasteiger partial charge in [-0.15, -0.1) is 0 Å². The smallest absolute Gasteiger partial charge is 0.271 e. The third kappa shape index (κ3) is 4.68. The molecule has 3 rings (SSSR count). The van der Waals surface area contributed by atoms with Crippen LogP contribution in [-0.2, 0) is 0 Å². The molecule has 8 nitrogen and oxygen atoms in total. The number of nitro groups is 2. The maximum atomic E-state index is 11.3. The number of rotatable bonds is 6. The summed E-state index contributed by atoms with van der Waals surface area (Å²) in [7, 11) is 0. The molecule has 0 amide bonds. The van der Waals surface area contributed by atoms with Crippen LogP contribution in [0.1, 0.15) is 11.1 Å². The van der Waals surface area contributed by atoms with E-state index in [2.05, 4.69) is 10.5 Å². The lowest BCUT2D eigenvalue weighted by Crippen LogP contribution is -2.08. The van der Waals surface area contributed by atoms with Gasteiger partial charge < -0.3 is 0 Å². The Labute approximate surface area is 174 Å². The largest absolute Gasteiger partial charge is 0.301 e. The zero-order valence-electron chi connectivity index (χ0n) is 14.6. The summed E-state index contributed by atoms with van der Waals surface area (Å²) in [5, 5.41) is 27.5. The molecule has 1 N–H and O–H groups in total. The van der Waals surface area contributed by atoms with Crippen molar-refractivity contribution in [2.75, 3.05) is 5.43 Å². The molecule has 3 aromatic carbocycles. The molecular formula is C19H12Cl2N4O4. The Morgan fingerprint density at radius 3 is 2.21 bits per heavy atom. The van der Waals surface area contributed by atoms with E-state index in [0.717, 1.165) is 12.1 Å². The first-order valence-corrected chi connectivity index (χ1v) is 8.90. The summed E-state index contributed by atoms with van der Waals surface area (Å²) in [6.45, 7) is 0. The van der Waals surface area contributed by atoms with Crippen molar-refractivity contribution in [2.45, 2.75) is 0 Å². The molecule has 0 saturated heterocycles. The number of anilines is 1. The summed E-state index contributed by atoms with van der Waals surface area (Å²) in [4.78, 5) is 20.8. The average Bonchev–Trinajstić information content (AvgIpc) is 2.70. The van der Waals surface area contributed by atoms with Crippen LogP contribution in [0.15, 0.2) is 71.8 Å². The van der Waals surface area contributed by atoms with Crippen molar-refractivity contribution in [1.82, 2.24) is 0 Å². The van der Waals surface area contributed by atoms with Crippen LogP contribution in [0.3, 0.4) is 0 Å². The second kappa shape index (κ2) is 8.68. The standard InChI is InChI=1S/C19H12Cl2N4O4/c20-13-7-5-12(6-8-13)19(15-3-1-2-4-16(15)21)23-22-17-10-9-14(24(26)27)11-18(17)25(28)29/h1-11,22H. The minimum Gasteiger partial charge on any atom is -0.271 e. The Kier molecular flexibility index (Phi) is 6.06. The minimum atomic E-state index is -0.720. The van der Waals surface area contributed by atoms with E-state index >= 15 is 0 Å². The van der Waals surface area contributed by atoms with E-state index in [9.17, 15) is 20.2 Å². The summed E-state index contributed by atoms with van der Waals surface area (Å²) in [6, 6.07) is 17.1. The van der Waals surface area contributed by atoms with Gasteiger partial charge in [0, 0.05) is 22.2 Å². The Morgan fingerprint density at radius 1 is 0.897 bits per heavy atom. The van der Waals surface area contributed by atoms with Gasteiger partial charge in [0.2, 0.25) is 0 Å². The molecule has 0 aromatic heterocycles. The van der Waals surface area contributed by atoms with Gasteiger partial charge in [-0.2, -0.15) is 5.10 Å². The van der Waals surface area contributed by atoms with Gasteiger partial charge in [-0.3, -0.25) is 25.7 Å². The van der Waals surface area contributed by atoms with Crippen LogP contribution in [0.25, 0.3) is 0 Å². The van der Waals surface area contributed by atoms with Gasteiger partial charge in [-0.25, -0.2) is 0 Å². The summed E-state index contributed by atoms with van der Waals surface area (Å²) in [5.74, 6) is 0. The van der Waals surface area contributed by atoms with Crippen LogP contribution in [-0.4, -0.2) is 15.6 Å². The number of benzene rings is 3. The SMILES string of the molecule is O=[N+]([O-])c1ccc(NN=C(c2ccc(Cl)cc2)c2ccccc2Cl)c([N+](=O)[O-])c1. The van der Waals surface area contributed by atoms with Crippen LogP contribution in [0.4, 0.5) is 17.1 Å². The van der Waals surface area contributed by atoms with E-state index in [-0.39, 0.29) is 5.69 Å². The predicted octanol–water partition coefficient (Wildman–Crippen LogP) is 5.67. The fourth-order valence-corrected chi connectivity index (χ4v) is 2.89. The number of halogens is 2. The minimum absolute atomic E-state index is 0.000817. The van der Waals surface area contributed by atoms with Gasteiger partial charge in [0.05, 0.1) is 26.6 Å².